The second-order valence-corrected chi connectivity index (χ2v) is 7.01. The molecule has 0 atom stereocenters. The van der Waals surface area contributed by atoms with E-state index in [0.717, 1.165) is 4.47 Å². The molecule has 0 aliphatic carbocycles. The van der Waals surface area contributed by atoms with Crippen LogP contribution in [0.5, 0.6) is 0 Å². The quantitative estimate of drug-likeness (QED) is 0.778. The maximum absolute atomic E-state index is 11.9. The monoisotopic (exact) mass is 335 g/mol. The first-order valence-electron chi connectivity index (χ1n) is 5.75. The van der Waals surface area contributed by atoms with Crippen molar-refractivity contribution in [2.24, 2.45) is 5.92 Å². The minimum absolute atomic E-state index is 0.251. The summed E-state index contributed by atoms with van der Waals surface area (Å²) in [7, 11) is -3.44. The van der Waals surface area contributed by atoms with E-state index in [4.69, 9.17) is 4.74 Å². The molecule has 0 saturated heterocycles. The summed E-state index contributed by atoms with van der Waals surface area (Å²) in [4.78, 5) is 0.251. The van der Waals surface area contributed by atoms with E-state index >= 15 is 0 Å². The van der Waals surface area contributed by atoms with Crippen molar-refractivity contribution in [2.75, 3.05) is 19.8 Å². The van der Waals surface area contributed by atoms with E-state index in [0.29, 0.717) is 19.1 Å². The average molecular weight is 336 g/mol. The standard InChI is InChI=1S/C12H18BrNO3S/c1-10(2)9-17-7-6-14-18(15,16)12-5-3-4-11(13)8-12/h3-5,8,10,14H,6-7,9H2,1-2H3. The lowest BCUT2D eigenvalue weighted by Gasteiger charge is -2.09. The van der Waals surface area contributed by atoms with Crippen LogP contribution in [0.25, 0.3) is 0 Å². The maximum Gasteiger partial charge on any atom is 0.240 e. The molecule has 1 rings (SSSR count). The van der Waals surface area contributed by atoms with Gasteiger partial charge in [-0.05, 0) is 24.1 Å². The normalized spacial score (nSPS) is 12.0. The molecule has 0 aliphatic heterocycles. The summed E-state index contributed by atoms with van der Waals surface area (Å²) in [5.41, 5.74) is 0. The zero-order valence-corrected chi connectivity index (χ0v) is 12.9. The summed E-state index contributed by atoms with van der Waals surface area (Å²) in [5, 5.41) is 0. The number of sulfonamides is 1. The fourth-order valence-electron chi connectivity index (χ4n) is 1.28. The van der Waals surface area contributed by atoms with Gasteiger partial charge in [0.15, 0.2) is 0 Å². The molecule has 0 aromatic heterocycles. The highest BCUT2D eigenvalue weighted by molar-refractivity contribution is 9.10. The van der Waals surface area contributed by atoms with Crippen LogP contribution in [0.15, 0.2) is 33.6 Å². The number of ether oxygens (including phenoxy) is 1. The highest BCUT2D eigenvalue weighted by atomic mass is 79.9. The van der Waals surface area contributed by atoms with E-state index in [-0.39, 0.29) is 11.4 Å². The van der Waals surface area contributed by atoms with Gasteiger partial charge in [-0.1, -0.05) is 35.8 Å². The van der Waals surface area contributed by atoms with E-state index in [1.807, 2.05) is 13.8 Å². The molecule has 0 heterocycles. The second-order valence-electron chi connectivity index (χ2n) is 4.32. The third-order valence-electron chi connectivity index (χ3n) is 2.10. The average Bonchev–Trinajstić information content (AvgIpc) is 2.28. The molecular weight excluding hydrogens is 318 g/mol. The molecule has 4 nitrogen and oxygen atoms in total. The summed E-state index contributed by atoms with van der Waals surface area (Å²) in [6.07, 6.45) is 0. The number of nitrogens with one attached hydrogen (secondary N) is 1. The van der Waals surface area contributed by atoms with Crippen LogP contribution < -0.4 is 4.72 Å². The minimum Gasteiger partial charge on any atom is -0.380 e. The molecule has 1 aromatic rings. The van der Waals surface area contributed by atoms with Gasteiger partial charge >= 0.3 is 0 Å². The molecule has 0 bridgehead atoms. The molecule has 102 valence electrons. The van der Waals surface area contributed by atoms with Gasteiger partial charge in [0, 0.05) is 17.6 Å². The Morgan fingerprint density at radius 2 is 2.11 bits per heavy atom. The van der Waals surface area contributed by atoms with Crippen LogP contribution in [0.2, 0.25) is 0 Å². The molecule has 0 unspecified atom stereocenters. The Balaban J connectivity index is 2.46. The lowest BCUT2D eigenvalue weighted by Crippen LogP contribution is -2.27. The van der Waals surface area contributed by atoms with Gasteiger partial charge in [-0.15, -0.1) is 0 Å². The summed E-state index contributed by atoms with van der Waals surface area (Å²) in [5.74, 6) is 0.451. The molecule has 0 aliphatic rings. The Labute approximate surface area is 117 Å². The minimum atomic E-state index is -3.44. The van der Waals surface area contributed by atoms with Crippen molar-refractivity contribution in [3.05, 3.63) is 28.7 Å². The Morgan fingerprint density at radius 3 is 2.72 bits per heavy atom. The first-order valence-corrected chi connectivity index (χ1v) is 8.02. The number of halogens is 1. The fourth-order valence-corrected chi connectivity index (χ4v) is 2.89. The molecule has 18 heavy (non-hydrogen) atoms. The van der Waals surface area contributed by atoms with Crippen molar-refractivity contribution < 1.29 is 13.2 Å². The molecule has 0 amide bonds. The van der Waals surface area contributed by atoms with Crippen LogP contribution in [0, 0.1) is 5.92 Å². The van der Waals surface area contributed by atoms with Crippen LogP contribution in [0.3, 0.4) is 0 Å². The Bertz CT molecular complexity index is 474. The lowest BCUT2D eigenvalue weighted by molar-refractivity contribution is 0.114. The summed E-state index contributed by atoms with van der Waals surface area (Å²) in [6.45, 7) is 5.39. The van der Waals surface area contributed by atoms with Crippen molar-refractivity contribution >= 4 is 26.0 Å². The predicted octanol–water partition coefficient (Wildman–Crippen LogP) is 2.40. The van der Waals surface area contributed by atoms with Crippen molar-refractivity contribution in [3.63, 3.8) is 0 Å². The van der Waals surface area contributed by atoms with E-state index < -0.39 is 10.0 Å². The highest BCUT2D eigenvalue weighted by Gasteiger charge is 2.13. The second kappa shape index (κ2) is 7.23. The van der Waals surface area contributed by atoms with E-state index in [2.05, 4.69) is 20.7 Å². The molecule has 0 saturated carbocycles. The fraction of sp³-hybridized carbons (Fsp3) is 0.500. The molecule has 1 aromatic carbocycles. The SMILES string of the molecule is CC(C)COCCNS(=O)(=O)c1cccc(Br)c1. The van der Waals surface area contributed by atoms with Gasteiger partial charge in [0.05, 0.1) is 11.5 Å². The zero-order valence-electron chi connectivity index (χ0n) is 10.5. The molecule has 6 heteroatoms. The van der Waals surface area contributed by atoms with Crippen LogP contribution in [0.1, 0.15) is 13.8 Å². The van der Waals surface area contributed by atoms with Crippen LogP contribution in [-0.4, -0.2) is 28.2 Å². The smallest absolute Gasteiger partial charge is 0.240 e. The van der Waals surface area contributed by atoms with E-state index in [1.165, 1.54) is 0 Å². The number of hydrogen-bond donors (Lipinski definition) is 1. The van der Waals surface area contributed by atoms with Crippen molar-refractivity contribution in [1.29, 1.82) is 0 Å². The third-order valence-corrected chi connectivity index (χ3v) is 4.05. The number of hydrogen-bond acceptors (Lipinski definition) is 3. The zero-order chi connectivity index (χ0) is 13.6. The number of rotatable bonds is 7. The van der Waals surface area contributed by atoms with Crippen molar-refractivity contribution in [1.82, 2.24) is 4.72 Å². The molecule has 0 radical (unpaired) electrons. The van der Waals surface area contributed by atoms with Gasteiger partial charge in [0.25, 0.3) is 0 Å². The van der Waals surface area contributed by atoms with Crippen molar-refractivity contribution in [2.45, 2.75) is 18.7 Å². The Hall–Kier alpha value is -0.430. The summed E-state index contributed by atoms with van der Waals surface area (Å²) in [6, 6.07) is 6.60. The van der Waals surface area contributed by atoms with Gasteiger partial charge in [-0.3, -0.25) is 0 Å². The van der Waals surface area contributed by atoms with Crippen LogP contribution in [-0.2, 0) is 14.8 Å². The lowest BCUT2D eigenvalue weighted by atomic mass is 10.2. The predicted molar refractivity (Wildman–Crippen MR) is 75.0 cm³/mol. The first-order chi connectivity index (χ1) is 8.42. The molecule has 0 fully saturated rings. The topological polar surface area (TPSA) is 55.4 Å². The van der Waals surface area contributed by atoms with E-state index in [1.54, 1.807) is 24.3 Å². The maximum atomic E-state index is 11.9. The molecule has 0 spiro atoms. The Morgan fingerprint density at radius 1 is 1.39 bits per heavy atom. The van der Waals surface area contributed by atoms with Gasteiger partial charge in [0.1, 0.15) is 0 Å². The van der Waals surface area contributed by atoms with E-state index in [9.17, 15) is 8.42 Å². The molecule has 1 N–H and O–H groups in total. The van der Waals surface area contributed by atoms with Gasteiger partial charge in [-0.25, -0.2) is 13.1 Å². The van der Waals surface area contributed by atoms with Gasteiger partial charge in [0.2, 0.25) is 10.0 Å². The first kappa shape index (κ1) is 15.6. The Kier molecular flexibility index (Phi) is 6.28. The van der Waals surface area contributed by atoms with Crippen LogP contribution in [0.4, 0.5) is 0 Å². The third kappa shape index (κ3) is 5.48. The highest BCUT2D eigenvalue weighted by Crippen LogP contribution is 2.15. The largest absolute Gasteiger partial charge is 0.380 e. The van der Waals surface area contributed by atoms with Gasteiger partial charge in [-0.2, -0.15) is 0 Å². The van der Waals surface area contributed by atoms with Crippen LogP contribution >= 0.6 is 15.9 Å². The van der Waals surface area contributed by atoms with Crippen molar-refractivity contribution in [3.8, 4) is 0 Å². The summed E-state index contributed by atoms with van der Waals surface area (Å²) < 4.78 is 32.3. The molecular formula is C12H18BrNO3S. The number of benzene rings is 1. The van der Waals surface area contributed by atoms with Gasteiger partial charge < -0.3 is 4.74 Å². The summed E-state index contributed by atoms with van der Waals surface area (Å²) >= 11 is 3.25.